The quantitative estimate of drug-likeness (QED) is 0.346. The molecule has 0 amide bonds. The van der Waals surface area contributed by atoms with Crippen molar-refractivity contribution in [3.63, 3.8) is 0 Å². The average Bonchev–Trinajstić information content (AvgIpc) is 2.95. The Hall–Kier alpha value is -0.840. The van der Waals surface area contributed by atoms with E-state index in [4.69, 9.17) is 16.4 Å². The molecule has 0 atom stereocenters. The Morgan fingerprint density at radius 1 is 1.17 bits per heavy atom. The first-order valence-electron chi connectivity index (χ1n) is 5.59. The van der Waals surface area contributed by atoms with Gasteiger partial charge in [-0.3, -0.25) is 0 Å². The van der Waals surface area contributed by atoms with Crippen molar-refractivity contribution in [2.75, 3.05) is 12.5 Å². The van der Waals surface area contributed by atoms with Crippen LogP contribution >= 0.6 is 34.3 Å². The summed E-state index contributed by atoms with van der Waals surface area (Å²) in [5.41, 5.74) is 3.36. The van der Waals surface area contributed by atoms with E-state index in [1.807, 2.05) is 0 Å². The Labute approximate surface area is 120 Å². The molecule has 0 saturated heterocycles. The van der Waals surface area contributed by atoms with Crippen molar-refractivity contribution in [2.24, 2.45) is 5.16 Å². The molecule has 0 unspecified atom stereocenters. The Morgan fingerprint density at radius 2 is 1.72 bits per heavy atom. The molecule has 0 bridgehead atoms. The second kappa shape index (κ2) is 6.36. The molecule has 0 aromatic carbocycles. The number of thiophene rings is 2. The highest BCUT2D eigenvalue weighted by Crippen LogP contribution is 2.26. The van der Waals surface area contributed by atoms with E-state index >= 15 is 0 Å². The summed E-state index contributed by atoms with van der Waals surface area (Å²) in [5, 5.41) is 8.42. The summed E-state index contributed by atoms with van der Waals surface area (Å²) < 4.78 is 0. The molecule has 0 aliphatic heterocycles. The highest BCUT2D eigenvalue weighted by atomic mass is 35.5. The molecule has 2 rings (SSSR count). The fourth-order valence-corrected chi connectivity index (χ4v) is 3.52. The third kappa shape index (κ3) is 2.94. The number of alkyl halides is 1. The molecule has 96 valence electrons. The van der Waals surface area contributed by atoms with Gasteiger partial charge in [-0.15, -0.1) is 34.3 Å². The topological polar surface area (TPSA) is 21.6 Å². The van der Waals surface area contributed by atoms with Gasteiger partial charge in [0.05, 0.1) is 15.6 Å². The zero-order valence-electron chi connectivity index (χ0n) is 10.3. The van der Waals surface area contributed by atoms with Crippen LogP contribution in [-0.2, 0) is 4.84 Å². The number of oxime groups is 1. The molecular formula is C13H14ClNOS2. The summed E-state index contributed by atoms with van der Waals surface area (Å²) in [5.74, 6) is 0.448. The van der Waals surface area contributed by atoms with Gasteiger partial charge in [0, 0.05) is 0 Å². The van der Waals surface area contributed by atoms with E-state index in [-0.39, 0.29) is 0 Å². The fourth-order valence-electron chi connectivity index (χ4n) is 1.56. The number of rotatable bonds is 5. The van der Waals surface area contributed by atoms with Crippen LogP contribution in [0, 0.1) is 13.8 Å². The lowest BCUT2D eigenvalue weighted by molar-refractivity contribution is 0.161. The van der Waals surface area contributed by atoms with Gasteiger partial charge in [0.25, 0.3) is 0 Å². The molecule has 0 spiro atoms. The normalized spacial score (nSPS) is 10.4. The summed E-state index contributed by atoms with van der Waals surface area (Å²) in [7, 11) is 0. The van der Waals surface area contributed by atoms with Crippen molar-refractivity contribution in [3.05, 3.63) is 43.8 Å². The third-order valence-corrected chi connectivity index (χ3v) is 4.68. The van der Waals surface area contributed by atoms with Crippen molar-refractivity contribution in [1.82, 2.24) is 0 Å². The molecule has 0 aliphatic rings. The van der Waals surface area contributed by atoms with Gasteiger partial charge in [0.15, 0.2) is 0 Å². The summed E-state index contributed by atoms with van der Waals surface area (Å²) in [4.78, 5) is 7.60. The molecular weight excluding hydrogens is 286 g/mol. The predicted octanol–water partition coefficient (Wildman–Crippen LogP) is 4.43. The van der Waals surface area contributed by atoms with Gasteiger partial charge in [-0.1, -0.05) is 5.16 Å². The van der Waals surface area contributed by atoms with Crippen molar-refractivity contribution in [1.29, 1.82) is 0 Å². The van der Waals surface area contributed by atoms with Crippen LogP contribution in [0.1, 0.15) is 20.9 Å². The molecule has 0 saturated carbocycles. The van der Waals surface area contributed by atoms with Crippen LogP contribution < -0.4 is 0 Å². The molecule has 2 aromatic heterocycles. The number of nitrogens with zero attached hydrogens (tertiary/aromatic N) is 1. The zero-order valence-corrected chi connectivity index (χ0v) is 12.7. The largest absolute Gasteiger partial charge is 0.394 e. The van der Waals surface area contributed by atoms with Gasteiger partial charge in [0.2, 0.25) is 0 Å². The van der Waals surface area contributed by atoms with E-state index in [1.165, 1.54) is 11.1 Å². The molecule has 2 heterocycles. The van der Waals surface area contributed by atoms with Gasteiger partial charge in [-0.05, 0) is 47.9 Å². The summed E-state index contributed by atoms with van der Waals surface area (Å²) >= 11 is 8.98. The van der Waals surface area contributed by atoms with Gasteiger partial charge in [-0.25, -0.2) is 0 Å². The third-order valence-electron chi connectivity index (χ3n) is 2.48. The van der Waals surface area contributed by atoms with Crippen LogP contribution in [0.25, 0.3) is 0 Å². The lowest BCUT2D eigenvalue weighted by atomic mass is 10.1. The first kappa shape index (κ1) is 13.6. The highest BCUT2D eigenvalue weighted by Gasteiger charge is 2.15. The van der Waals surface area contributed by atoms with Crippen molar-refractivity contribution >= 4 is 40.0 Å². The Balaban J connectivity index is 2.39. The SMILES string of the molecule is Cc1ccsc1C(=NOCCCl)c1sccc1C. The highest BCUT2D eigenvalue weighted by molar-refractivity contribution is 7.16. The maximum Gasteiger partial charge on any atom is 0.137 e. The van der Waals surface area contributed by atoms with Crippen molar-refractivity contribution in [3.8, 4) is 0 Å². The van der Waals surface area contributed by atoms with E-state index in [1.54, 1.807) is 22.7 Å². The average molecular weight is 300 g/mol. The maximum absolute atomic E-state index is 5.61. The Kier molecular flexibility index (Phi) is 4.80. The molecule has 5 heteroatoms. The van der Waals surface area contributed by atoms with Crippen LogP contribution in [0.4, 0.5) is 0 Å². The monoisotopic (exact) mass is 299 g/mol. The second-order valence-corrected chi connectivity index (χ2v) is 6.04. The first-order valence-corrected chi connectivity index (χ1v) is 7.88. The van der Waals surface area contributed by atoms with Crippen LogP contribution in [-0.4, -0.2) is 18.2 Å². The van der Waals surface area contributed by atoms with Crippen molar-refractivity contribution in [2.45, 2.75) is 13.8 Å². The lowest BCUT2D eigenvalue weighted by Gasteiger charge is -2.05. The van der Waals surface area contributed by atoms with E-state index in [0.29, 0.717) is 12.5 Å². The Bertz CT molecular complexity index is 502. The predicted molar refractivity (Wildman–Crippen MR) is 80.4 cm³/mol. The molecule has 2 nitrogen and oxygen atoms in total. The summed E-state index contributed by atoms with van der Waals surface area (Å²) in [6.07, 6.45) is 0. The standard InChI is InChI=1S/C13H14ClNOS2/c1-9-3-7-17-12(9)11(15-16-6-5-14)13-10(2)4-8-18-13/h3-4,7-8H,5-6H2,1-2H3. The van der Waals surface area contributed by atoms with E-state index in [0.717, 1.165) is 15.5 Å². The minimum absolute atomic E-state index is 0.430. The molecule has 2 aromatic rings. The van der Waals surface area contributed by atoms with E-state index in [9.17, 15) is 0 Å². The Morgan fingerprint density at radius 3 is 2.11 bits per heavy atom. The number of halogens is 1. The first-order chi connectivity index (χ1) is 8.74. The van der Waals surface area contributed by atoms with Crippen LogP contribution in [0.2, 0.25) is 0 Å². The summed E-state index contributed by atoms with van der Waals surface area (Å²) in [6.45, 7) is 4.61. The van der Waals surface area contributed by atoms with Crippen LogP contribution in [0.3, 0.4) is 0 Å². The maximum atomic E-state index is 5.61. The van der Waals surface area contributed by atoms with Crippen molar-refractivity contribution < 1.29 is 4.84 Å². The molecule has 18 heavy (non-hydrogen) atoms. The van der Waals surface area contributed by atoms with Crippen LogP contribution in [0.5, 0.6) is 0 Å². The lowest BCUT2D eigenvalue weighted by Crippen LogP contribution is -2.04. The molecule has 0 fully saturated rings. The molecule has 0 N–H and O–H groups in total. The minimum Gasteiger partial charge on any atom is -0.394 e. The second-order valence-electron chi connectivity index (χ2n) is 3.83. The smallest absolute Gasteiger partial charge is 0.137 e. The minimum atomic E-state index is 0.430. The van der Waals surface area contributed by atoms with Gasteiger partial charge >= 0.3 is 0 Å². The zero-order chi connectivity index (χ0) is 13.0. The van der Waals surface area contributed by atoms with Crippen LogP contribution in [0.15, 0.2) is 28.0 Å². The molecule has 0 radical (unpaired) electrons. The summed E-state index contributed by atoms with van der Waals surface area (Å²) in [6, 6.07) is 4.19. The van der Waals surface area contributed by atoms with Gasteiger partial charge in [0.1, 0.15) is 12.3 Å². The van der Waals surface area contributed by atoms with E-state index < -0.39 is 0 Å². The molecule has 0 aliphatic carbocycles. The number of hydrogen-bond acceptors (Lipinski definition) is 4. The number of aryl methyl sites for hydroxylation is 2. The fraction of sp³-hybridized carbons (Fsp3) is 0.308. The van der Waals surface area contributed by atoms with Gasteiger partial charge in [-0.2, -0.15) is 0 Å². The number of hydrogen-bond donors (Lipinski definition) is 0. The van der Waals surface area contributed by atoms with E-state index in [2.05, 4.69) is 41.9 Å². The van der Waals surface area contributed by atoms with Gasteiger partial charge < -0.3 is 4.84 Å².